The highest BCUT2D eigenvalue weighted by Gasteiger charge is 2.08. The van der Waals surface area contributed by atoms with Crippen molar-refractivity contribution >= 4 is 39.2 Å². The van der Waals surface area contributed by atoms with Gasteiger partial charge in [0.05, 0.1) is 6.61 Å². The van der Waals surface area contributed by atoms with Gasteiger partial charge in [0.1, 0.15) is 0 Å². The molecule has 20 heavy (non-hydrogen) atoms. The van der Waals surface area contributed by atoms with E-state index in [0.717, 1.165) is 22.1 Å². The standard InChI is InChI=1S/C13H14BrClN4O/c1-3-6-20-13-18-11(15)17-12(19-13)16-10-7-9(14)5-4-8(10)2/h4-5,7H,3,6H2,1-2H3,(H,16,17,18,19). The van der Waals surface area contributed by atoms with Gasteiger partial charge in [0.25, 0.3) is 0 Å². The molecule has 0 fully saturated rings. The second kappa shape index (κ2) is 6.85. The molecule has 0 amide bonds. The van der Waals surface area contributed by atoms with Gasteiger partial charge in [0.15, 0.2) is 0 Å². The summed E-state index contributed by atoms with van der Waals surface area (Å²) in [7, 11) is 0. The van der Waals surface area contributed by atoms with E-state index < -0.39 is 0 Å². The van der Waals surface area contributed by atoms with E-state index in [1.165, 1.54) is 0 Å². The molecule has 0 bridgehead atoms. The molecule has 0 aliphatic heterocycles. The molecule has 0 atom stereocenters. The summed E-state index contributed by atoms with van der Waals surface area (Å²) in [6.45, 7) is 4.54. The van der Waals surface area contributed by atoms with Crippen LogP contribution >= 0.6 is 27.5 Å². The lowest BCUT2D eigenvalue weighted by atomic mass is 10.2. The second-order valence-corrected chi connectivity index (χ2v) is 5.40. The summed E-state index contributed by atoms with van der Waals surface area (Å²) in [6.07, 6.45) is 0.872. The first-order chi connectivity index (χ1) is 9.58. The first-order valence-electron chi connectivity index (χ1n) is 6.16. The molecule has 0 saturated heterocycles. The fourth-order valence-electron chi connectivity index (χ4n) is 1.50. The van der Waals surface area contributed by atoms with E-state index >= 15 is 0 Å². The number of hydrogen-bond acceptors (Lipinski definition) is 5. The van der Waals surface area contributed by atoms with Crippen LogP contribution in [0.5, 0.6) is 6.01 Å². The highest BCUT2D eigenvalue weighted by Crippen LogP contribution is 2.24. The normalized spacial score (nSPS) is 10.4. The number of halogens is 2. The first-order valence-corrected chi connectivity index (χ1v) is 7.33. The maximum absolute atomic E-state index is 5.87. The van der Waals surface area contributed by atoms with Crippen molar-refractivity contribution in [1.29, 1.82) is 0 Å². The van der Waals surface area contributed by atoms with E-state index in [-0.39, 0.29) is 11.3 Å². The quantitative estimate of drug-likeness (QED) is 0.872. The SMILES string of the molecule is CCCOc1nc(Cl)nc(Nc2cc(Br)ccc2C)n1. The summed E-state index contributed by atoms with van der Waals surface area (Å²) in [5.41, 5.74) is 1.96. The van der Waals surface area contributed by atoms with Gasteiger partial charge in [-0.25, -0.2) is 0 Å². The van der Waals surface area contributed by atoms with Crippen molar-refractivity contribution in [3.63, 3.8) is 0 Å². The molecule has 0 spiro atoms. The number of ether oxygens (including phenoxy) is 1. The van der Waals surface area contributed by atoms with Crippen molar-refractivity contribution < 1.29 is 4.74 Å². The lowest BCUT2D eigenvalue weighted by Crippen LogP contribution is -2.05. The fourth-order valence-corrected chi connectivity index (χ4v) is 2.01. The Labute approximate surface area is 130 Å². The van der Waals surface area contributed by atoms with Crippen LogP contribution in [0.25, 0.3) is 0 Å². The van der Waals surface area contributed by atoms with Gasteiger partial charge in [-0.15, -0.1) is 0 Å². The average Bonchev–Trinajstić information content (AvgIpc) is 2.40. The Balaban J connectivity index is 2.24. The maximum atomic E-state index is 5.87. The number of hydrogen-bond donors (Lipinski definition) is 1. The van der Waals surface area contributed by atoms with Crippen molar-refractivity contribution in [2.45, 2.75) is 20.3 Å². The topological polar surface area (TPSA) is 59.9 Å². The van der Waals surface area contributed by atoms with Gasteiger partial charge in [-0.3, -0.25) is 0 Å². The Kier molecular flexibility index (Phi) is 5.14. The average molecular weight is 358 g/mol. The zero-order chi connectivity index (χ0) is 14.5. The number of benzene rings is 1. The van der Waals surface area contributed by atoms with E-state index in [4.69, 9.17) is 16.3 Å². The lowest BCUT2D eigenvalue weighted by Gasteiger charge is -2.10. The smallest absolute Gasteiger partial charge is 0.322 e. The van der Waals surface area contributed by atoms with Crippen molar-refractivity contribution in [3.8, 4) is 6.01 Å². The number of nitrogens with one attached hydrogen (secondary N) is 1. The van der Waals surface area contributed by atoms with Crippen LogP contribution in [0.3, 0.4) is 0 Å². The largest absolute Gasteiger partial charge is 0.463 e. The maximum Gasteiger partial charge on any atom is 0.322 e. The van der Waals surface area contributed by atoms with Crippen LogP contribution in [0.15, 0.2) is 22.7 Å². The van der Waals surface area contributed by atoms with Crippen LogP contribution < -0.4 is 10.1 Å². The Morgan fingerprint density at radius 2 is 2.10 bits per heavy atom. The number of aryl methyl sites for hydroxylation is 1. The van der Waals surface area contributed by atoms with Crippen LogP contribution in [-0.2, 0) is 0 Å². The molecule has 0 aliphatic carbocycles. The Morgan fingerprint density at radius 3 is 2.85 bits per heavy atom. The summed E-state index contributed by atoms with van der Waals surface area (Å²) in [6, 6.07) is 6.13. The zero-order valence-corrected chi connectivity index (χ0v) is 13.5. The highest BCUT2D eigenvalue weighted by atomic mass is 79.9. The second-order valence-electron chi connectivity index (χ2n) is 4.14. The monoisotopic (exact) mass is 356 g/mol. The fraction of sp³-hybridized carbons (Fsp3) is 0.308. The molecule has 1 aromatic heterocycles. The van der Waals surface area contributed by atoms with Crippen LogP contribution in [0.1, 0.15) is 18.9 Å². The summed E-state index contributed by atoms with van der Waals surface area (Å²) >= 11 is 9.30. The third-order valence-corrected chi connectivity index (χ3v) is 3.13. The van der Waals surface area contributed by atoms with Crippen LogP contribution in [-0.4, -0.2) is 21.6 Å². The van der Waals surface area contributed by atoms with Crippen molar-refractivity contribution in [2.75, 3.05) is 11.9 Å². The first kappa shape index (κ1) is 15.0. The molecule has 0 unspecified atom stereocenters. The minimum Gasteiger partial charge on any atom is -0.463 e. The highest BCUT2D eigenvalue weighted by molar-refractivity contribution is 9.10. The molecule has 5 nitrogen and oxygen atoms in total. The van der Waals surface area contributed by atoms with E-state index in [2.05, 4.69) is 36.2 Å². The molecule has 2 aromatic rings. The number of rotatable bonds is 5. The summed E-state index contributed by atoms with van der Waals surface area (Å²) in [5, 5.41) is 3.21. The number of nitrogens with zero attached hydrogens (tertiary/aromatic N) is 3. The molecule has 0 saturated carbocycles. The van der Waals surface area contributed by atoms with Gasteiger partial charge >= 0.3 is 6.01 Å². The zero-order valence-electron chi connectivity index (χ0n) is 11.2. The third-order valence-electron chi connectivity index (χ3n) is 2.47. The predicted molar refractivity (Wildman–Crippen MR) is 82.8 cm³/mol. The van der Waals surface area contributed by atoms with Gasteiger partial charge in [0.2, 0.25) is 11.2 Å². The molecule has 0 radical (unpaired) electrons. The summed E-state index contributed by atoms with van der Waals surface area (Å²) in [5.74, 6) is 0.359. The number of aromatic nitrogens is 3. The summed E-state index contributed by atoms with van der Waals surface area (Å²) < 4.78 is 6.34. The minimum atomic E-state index is 0.0984. The van der Waals surface area contributed by atoms with Gasteiger partial charge in [-0.05, 0) is 42.6 Å². The van der Waals surface area contributed by atoms with Crippen LogP contribution in [0.2, 0.25) is 5.28 Å². The van der Waals surface area contributed by atoms with Crippen LogP contribution in [0, 0.1) is 6.92 Å². The van der Waals surface area contributed by atoms with Crippen molar-refractivity contribution in [2.24, 2.45) is 0 Å². The number of anilines is 2. The van der Waals surface area contributed by atoms with Gasteiger partial charge in [0, 0.05) is 10.2 Å². The van der Waals surface area contributed by atoms with E-state index in [1.54, 1.807) is 0 Å². The van der Waals surface area contributed by atoms with E-state index in [9.17, 15) is 0 Å². The molecule has 106 valence electrons. The Morgan fingerprint density at radius 1 is 1.30 bits per heavy atom. The molecular formula is C13H14BrClN4O. The van der Waals surface area contributed by atoms with Gasteiger partial charge in [-0.2, -0.15) is 15.0 Å². The Hall–Kier alpha value is -1.40. The molecular weight excluding hydrogens is 344 g/mol. The molecule has 1 aromatic carbocycles. The lowest BCUT2D eigenvalue weighted by molar-refractivity contribution is 0.292. The van der Waals surface area contributed by atoms with Gasteiger partial charge in [-0.1, -0.05) is 28.9 Å². The third kappa shape index (κ3) is 4.05. The van der Waals surface area contributed by atoms with Gasteiger partial charge < -0.3 is 10.1 Å². The molecule has 0 aliphatic rings. The van der Waals surface area contributed by atoms with Crippen molar-refractivity contribution in [3.05, 3.63) is 33.5 Å². The predicted octanol–water partition coefficient (Wildman–Crippen LogP) is 4.13. The molecule has 1 N–H and O–H groups in total. The van der Waals surface area contributed by atoms with E-state index in [0.29, 0.717) is 12.6 Å². The summed E-state index contributed by atoms with van der Waals surface area (Å²) in [4.78, 5) is 12.2. The van der Waals surface area contributed by atoms with E-state index in [1.807, 2.05) is 32.0 Å². The Bertz CT molecular complexity index is 609. The van der Waals surface area contributed by atoms with Crippen LogP contribution in [0.4, 0.5) is 11.6 Å². The molecule has 7 heteroatoms. The van der Waals surface area contributed by atoms with Crippen molar-refractivity contribution in [1.82, 2.24) is 15.0 Å². The molecule has 1 heterocycles. The minimum absolute atomic E-state index is 0.0984. The molecule has 2 rings (SSSR count).